The Hall–Kier alpha value is -1.52. The lowest BCUT2D eigenvalue weighted by atomic mass is 10.1. The third-order valence-electron chi connectivity index (χ3n) is 1.74. The highest BCUT2D eigenvalue weighted by Gasteiger charge is 2.09. The molecule has 0 saturated heterocycles. The van der Waals surface area contributed by atoms with Gasteiger partial charge in [-0.05, 0) is 18.2 Å². The van der Waals surface area contributed by atoms with Gasteiger partial charge in [0, 0.05) is 11.6 Å². The molecule has 16 heavy (non-hydrogen) atoms. The van der Waals surface area contributed by atoms with E-state index in [0.29, 0.717) is 0 Å². The Morgan fingerprint density at radius 2 is 1.69 bits per heavy atom. The Balaban J connectivity index is 3.06. The molecule has 0 amide bonds. The molecule has 84 valence electrons. The van der Waals surface area contributed by atoms with E-state index in [4.69, 9.17) is 34.0 Å². The molecule has 0 atom stereocenters. The smallest absolute Gasteiger partial charge is 0.328 e. The number of nitrogen functional groups attached to an aromatic ring is 1. The maximum absolute atomic E-state index is 11.5. The van der Waals surface area contributed by atoms with Gasteiger partial charge in [-0.25, -0.2) is 4.79 Å². The first kappa shape index (κ1) is 12.5. The number of carbonyl (C=O) groups is 2. The van der Waals surface area contributed by atoms with Gasteiger partial charge >= 0.3 is 5.97 Å². The van der Waals surface area contributed by atoms with Crippen LogP contribution in [-0.2, 0) is 4.79 Å². The Kier molecular flexibility index (Phi) is 3.93. The van der Waals surface area contributed by atoms with Crippen molar-refractivity contribution < 1.29 is 14.7 Å². The van der Waals surface area contributed by atoms with Crippen molar-refractivity contribution in [3.63, 3.8) is 0 Å². The van der Waals surface area contributed by atoms with Crippen molar-refractivity contribution in [1.82, 2.24) is 0 Å². The number of benzene rings is 1. The van der Waals surface area contributed by atoms with Crippen molar-refractivity contribution in [2.24, 2.45) is 0 Å². The molecule has 1 aromatic carbocycles. The molecular formula is C10H7Cl2NO3. The molecule has 6 heteroatoms. The summed E-state index contributed by atoms with van der Waals surface area (Å²) >= 11 is 11.4. The number of rotatable bonds is 3. The minimum Gasteiger partial charge on any atom is -0.478 e. The summed E-state index contributed by atoms with van der Waals surface area (Å²) in [6.07, 6.45) is 1.65. The van der Waals surface area contributed by atoms with Crippen LogP contribution in [0, 0.1) is 0 Å². The average Bonchev–Trinajstić information content (AvgIpc) is 2.21. The number of carboxylic acid groups (broad SMARTS) is 1. The molecule has 0 spiro atoms. The van der Waals surface area contributed by atoms with Gasteiger partial charge in [0.1, 0.15) is 0 Å². The molecule has 1 aromatic rings. The largest absolute Gasteiger partial charge is 0.478 e. The summed E-state index contributed by atoms with van der Waals surface area (Å²) in [6, 6.07) is 2.66. The van der Waals surface area contributed by atoms with E-state index in [0.717, 1.165) is 12.2 Å². The van der Waals surface area contributed by atoms with E-state index in [1.54, 1.807) is 0 Å². The molecule has 4 nitrogen and oxygen atoms in total. The molecule has 0 fully saturated rings. The predicted molar refractivity (Wildman–Crippen MR) is 62.0 cm³/mol. The van der Waals surface area contributed by atoms with E-state index in [1.165, 1.54) is 12.1 Å². The first-order valence-corrected chi connectivity index (χ1v) is 4.87. The molecule has 0 heterocycles. The Labute approximate surface area is 101 Å². The number of anilines is 1. The van der Waals surface area contributed by atoms with Gasteiger partial charge in [0.2, 0.25) is 0 Å². The minimum absolute atomic E-state index is 0.152. The van der Waals surface area contributed by atoms with Crippen LogP contribution >= 0.6 is 23.2 Å². The van der Waals surface area contributed by atoms with E-state index in [2.05, 4.69) is 0 Å². The Morgan fingerprint density at radius 3 is 2.12 bits per heavy atom. The van der Waals surface area contributed by atoms with Crippen LogP contribution in [0.25, 0.3) is 0 Å². The number of aliphatic carboxylic acids is 1. The standard InChI is InChI=1S/C10H7Cl2NO3/c11-6-3-5(4-7(12)10(6)13)8(14)1-2-9(15)16/h1-4H,13H2,(H,15,16). The molecule has 3 N–H and O–H groups in total. The summed E-state index contributed by atoms with van der Waals surface area (Å²) in [4.78, 5) is 21.7. The molecule has 0 radical (unpaired) electrons. The van der Waals surface area contributed by atoms with E-state index in [-0.39, 0.29) is 21.3 Å². The number of halogens is 2. The topological polar surface area (TPSA) is 80.4 Å². The molecule has 0 aliphatic heterocycles. The zero-order chi connectivity index (χ0) is 12.3. The fourth-order valence-corrected chi connectivity index (χ4v) is 1.46. The first-order valence-electron chi connectivity index (χ1n) is 4.11. The van der Waals surface area contributed by atoms with Crippen molar-refractivity contribution in [3.8, 4) is 0 Å². The maximum atomic E-state index is 11.5. The van der Waals surface area contributed by atoms with Crippen LogP contribution in [-0.4, -0.2) is 16.9 Å². The monoisotopic (exact) mass is 259 g/mol. The van der Waals surface area contributed by atoms with Gasteiger partial charge in [0.05, 0.1) is 15.7 Å². The summed E-state index contributed by atoms with van der Waals surface area (Å²) in [5, 5.41) is 8.66. The number of hydrogen-bond donors (Lipinski definition) is 2. The number of carbonyl (C=O) groups excluding carboxylic acids is 1. The number of carboxylic acids is 1. The zero-order valence-corrected chi connectivity index (χ0v) is 9.42. The SMILES string of the molecule is Nc1c(Cl)cc(C(=O)C=CC(=O)O)cc1Cl. The van der Waals surface area contributed by atoms with Gasteiger partial charge in [0.15, 0.2) is 5.78 Å². The molecule has 0 aliphatic carbocycles. The Morgan fingerprint density at radius 1 is 1.19 bits per heavy atom. The lowest BCUT2D eigenvalue weighted by Gasteiger charge is -2.03. The summed E-state index contributed by atoms with van der Waals surface area (Å²) in [5.74, 6) is -1.72. The van der Waals surface area contributed by atoms with Crippen LogP contribution in [0.5, 0.6) is 0 Å². The van der Waals surface area contributed by atoms with Crippen molar-refractivity contribution in [2.75, 3.05) is 5.73 Å². The summed E-state index contributed by atoms with van der Waals surface area (Å²) in [6.45, 7) is 0. The average molecular weight is 260 g/mol. The predicted octanol–water partition coefficient (Wildman–Crippen LogP) is 2.40. The second kappa shape index (κ2) is 5.01. The lowest BCUT2D eigenvalue weighted by molar-refractivity contribution is -0.131. The van der Waals surface area contributed by atoms with Gasteiger partial charge in [-0.1, -0.05) is 23.2 Å². The molecule has 0 bridgehead atoms. The molecule has 0 aliphatic rings. The van der Waals surface area contributed by atoms with E-state index in [1.807, 2.05) is 0 Å². The highest BCUT2D eigenvalue weighted by Crippen LogP contribution is 2.29. The van der Waals surface area contributed by atoms with Crippen LogP contribution < -0.4 is 5.73 Å². The fourth-order valence-electron chi connectivity index (χ4n) is 0.970. The van der Waals surface area contributed by atoms with Crippen molar-refractivity contribution in [2.45, 2.75) is 0 Å². The van der Waals surface area contributed by atoms with Gasteiger partial charge in [-0.15, -0.1) is 0 Å². The van der Waals surface area contributed by atoms with Crippen molar-refractivity contribution in [3.05, 3.63) is 39.9 Å². The minimum atomic E-state index is -1.21. The fraction of sp³-hybridized carbons (Fsp3) is 0. The number of hydrogen-bond acceptors (Lipinski definition) is 3. The molecule has 0 saturated carbocycles. The van der Waals surface area contributed by atoms with Gasteiger partial charge in [-0.2, -0.15) is 0 Å². The summed E-state index contributed by atoms with van der Waals surface area (Å²) in [7, 11) is 0. The van der Waals surface area contributed by atoms with Crippen LogP contribution in [0.15, 0.2) is 24.3 Å². The second-order valence-electron chi connectivity index (χ2n) is 2.89. The summed E-state index contributed by atoms with van der Waals surface area (Å²) < 4.78 is 0. The van der Waals surface area contributed by atoms with Gasteiger partial charge < -0.3 is 10.8 Å². The third-order valence-corrected chi connectivity index (χ3v) is 2.37. The highest BCUT2D eigenvalue weighted by molar-refractivity contribution is 6.39. The zero-order valence-electron chi connectivity index (χ0n) is 7.91. The van der Waals surface area contributed by atoms with Crippen molar-refractivity contribution >= 4 is 40.6 Å². The van der Waals surface area contributed by atoms with Crippen LogP contribution in [0.1, 0.15) is 10.4 Å². The van der Waals surface area contributed by atoms with E-state index < -0.39 is 11.8 Å². The van der Waals surface area contributed by atoms with Gasteiger partial charge in [0.25, 0.3) is 0 Å². The molecule has 0 unspecified atom stereocenters. The quantitative estimate of drug-likeness (QED) is 0.496. The highest BCUT2D eigenvalue weighted by atomic mass is 35.5. The van der Waals surface area contributed by atoms with Crippen molar-refractivity contribution in [1.29, 1.82) is 0 Å². The second-order valence-corrected chi connectivity index (χ2v) is 3.70. The first-order chi connectivity index (χ1) is 7.41. The lowest BCUT2D eigenvalue weighted by Crippen LogP contribution is -1.98. The van der Waals surface area contributed by atoms with Gasteiger partial charge in [-0.3, -0.25) is 4.79 Å². The van der Waals surface area contributed by atoms with E-state index >= 15 is 0 Å². The number of allylic oxidation sites excluding steroid dienone is 1. The number of ketones is 1. The molecular weight excluding hydrogens is 253 g/mol. The van der Waals surface area contributed by atoms with Crippen LogP contribution in [0.2, 0.25) is 10.0 Å². The van der Waals surface area contributed by atoms with E-state index in [9.17, 15) is 9.59 Å². The van der Waals surface area contributed by atoms with Crippen LogP contribution in [0.3, 0.4) is 0 Å². The maximum Gasteiger partial charge on any atom is 0.328 e. The number of nitrogens with two attached hydrogens (primary N) is 1. The normalized spacial score (nSPS) is 10.6. The van der Waals surface area contributed by atoms with Crippen LogP contribution in [0.4, 0.5) is 5.69 Å². The molecule has 1 rings (SSSR count). The molecule has 0 aromatic heterocycles. The Bertz CT molecular complexity index is 460. The third kappa shape index (κ3) is 2.98. The summed E-state index contributed by atoms with van der Waals surface area (Å²) in [5.41, 5.74) is 5.85.